The average Bonchev–Trinajstić information content (AvgIpc) is 3.62. The van der Waals surface area contributed by atoms with Gasteiger partial charge in [0, 0.05) is 12.2 Å². The molecule has 2 unspecified atom stereocenters. The Morgan fingerprint density at radius 2 is 1.72 bits per heavy atom. The van der Waals surface area contributed by atoms with Crippen molar-refractivity contribution >= 4 is 34.2 Å². The van der Waals surface area contributed by atoms with Crippen LogP contribution in [0.2, 0.25) is 0 Å². The summed E-state index contributed by atoms with van der Waals surface area (Å²) in [5.74, 6) is -2.24. The Kier molecular flexibility index (Phi) is 7.77. The maximum Gasteiger partial charge on any atom is 0.250 e. The molecular weight excluding hydrogens is 542 g/mol. The van der Waals surface area contributed by atoms with Crippen LogP contribution in [0.25, 0.3) is 10.8 Å². The number of nitrogens with one attached hydrogen (secondary N) is 2. The van der Waals surface area contributed by atoms with Crippen LogP contribution in [0.4, 0.5) is 5.69 Å². The van der Waals surface area contributed by atoms with Crippen LogP contribution in [0.15, 0.2) is 72.8 Å². The zero-order valence-electron chi connectivity index (χ0n) is 25.1. The molecule has 3 aliphatic heterocycles. The van der Waals surface area contributed by atoms with Gasteiger partial charge in [-0.05, 0) is 60.1 Å². The zero-order chi connectivity index (χ0) is 30.4. The third-order valence-corrected chi connectivity index (χ3v) is 9.82. The lowest BCUT2D eigenvalue weighted by molar-refractivity contribution is -0.149. The van der Waals surface area contributed by atoms with Crippen molar-refractivity contribution in [3.63, 3.8) is 0 Å². The van der Waals surface area contributed by atoms with Gasteiger partial charge in [-0.1, -0.05) is 81.4 Å². The van der Waals surface area contributed by atoms with Crippen molar-refractivity contribution in [2.24, 2.45) is 17.8 Å². The topological polar surface area (TPSA) is 108 Å². The molecule has 3 aliphatic rings. The lowest BCUT2D eigenvalue weighted by Gasteiger charge is -2.37. The Hall–Kier alpha value is -3.75. The lowest BCUT2D eigenvalue weighted by Crippen LogP contribution is -2.56. The Morgan fingerprint density at radius 3 is 2.42 bits per heavy atom. The van der Waals surface area contributed by atoms with Crippen molar-refractivity contribution in [2.75, 3.05) is 11.9 Å². The van der Waals surface area contributed by atoms with E-state index in [4.69, 9.17) is 4.74 Å². The third-order valence-electron chi connectivity index (χ3n) is 9.82. The zero-order valence-corrected chi connectivity index (χ0v) is 25.1. The van der Waals surface area contributed by atoms with Gasteiger partial charge in [0.2, 0.25) is 17.7 Å². The second-order valence-corrected chi connectivity index (χ2v) is 12.8. The van der Waals surface area contributed by atoms with Crippen LogP contribution in [-0.4, -0.2) is 57.6 Å². The van der Waals surface area contributed by atoms with Crippen molar-refractivity contribution in [1.29, 1.82) is 0 Å². The van der Waals surface area contributed by atoms with Gasteiger partial charge in [0.25, 0.3) is 0 Å². The number of benzene rings is 3. The normalized spacial score (nSPS) is 28.3. The number of rotatable bonds is 10. The van der Waals surface area contributed by atoms with Gasteiger partial charge in [0.1, 0.15) is 11.6 Å². The van der Waals surface area contributed by atoms with E-state index < -0.39 is 35.1 Å². The minimum atomic E-state index is -1.16. The molecule has 3 aromatic rings. The van der Waals surface area contributed by atoms with Crippen molar-refractivity contribution in [3.05, 3.63) is 78.4 Å². The summed E-state index contributed by atoms with van der Waals surface area (Å²) in [7, 11) is 0. The Labute approximate surface area is 252 Å². The first-order valence-electron chi connectivity index (χ1n) is 15.5. The predicted octanol–water partition coefficient (Wildman–Crippen LogP) is 4.66. The SMILES string of the molecule is CC[C@]12CCC3(O1)C(C(=O)Nc1ccc4ccccc4c1)N([C@@H](CO)CC(C)C)C(=O)[C@@H]3[C@H]2C(=O)NCc1ccccc1. The number of nitrogens with zero attached hydrogens (tertiary/aromatic N) is 1. The summed E-state index contributed by atoms with van der Waals surface area (Å²) >= 11 is 0. The van der Waals surface area contributed by atoms with E-state index in [2.05, 4.69) is 10.6 Å². The number of aliphatic hydroxyl groups excluding tert-OH is 1. The number of anilines is 1. The Morgan fingerprint density at radius 1 is 1.00 bits per heavy atom. The Balaban J connectivity index is 1.37. The van der Waals surface area contributed by atoms with E-state index in [-0.39, 0.29) is 30.2 Å². The maximum absolute atomic E-state index is 14.5. The molecule has 0 saturated carbocycles. The standard InChI is InChI=1S/C35H41N3O5/c1-4-34-16-17-35(43-34)29(28(34)31(40)36-20-23-10-6-5-7-11-23)33(42)38(27(21-39)18-22(2)3)30(35)32(41)37-26-15-14-24-12-8-9-13-25(24)19-26/h5-15,19,22,27-30,39H,4,16-18,20-21H2,1-3H3,(H,36,40)(H,37,41)/t27-,28+,29+,30?,34-,35?/m1/s1. The number of hydrogen-bond donors (Lipinski definition) is 3. The molecule has 0 aliphatic carbocycles. The molecular formula is C35H41N3O5. The molecule has 3 N–H and O–H groups in total. The highest BCUT2D eigenvalue weighted by molar-refractivity contribution is 6.04. The summed E-state index contributed by atoms with van der Waals surface area (Å²) in [4.78, 5) is 44.4. The average molecular weight is 584 g/mol. The molecule has 1 spiro atoms. The number of ether oxygens (including phenoxy) is 1. The number of likely N-dealkylation sites (tertiary alicyclic amines) is 1. The number of carbonyl (C=O) groups is 3. The second kappa shape index (κ2) is 11.4. The molecule has 43 heavy (non-hydrogen) atoms. The molecule has 8 nitrogen and oxygen atoms in total. The number of carbonyl (C=O) groups excluding carboxylic acids is 3. The van der Waals surface area contributed by atoms with Crippen molar-refractivity contribution in [1.82, 2.24) is 10.2 Å². The molecule has 6 rings (SSSR count). The molecule has 8 heteroatoms. The molecule has 0 radical (unpaired) electrons. The fourth-order valence-electron chi connectivity index (χ4n) is 7.94. The predicted molar refractivity (Wildman–Crippen MR) is 165 cm³/mol. The summed E-state index contributed by atoms with van der Waals surface area (Å²) in [5, 5.41) is 18.7. The monoisotopic (exact) mass is 583 g/mol. The van der Waals surface area contributed by atoms with Gasteiger partial charge in [-0.25, -0.2) is 0 Å². The van der Waals surface area contributed by atoms with Crippen LogP contribution in [0.1, 0.15) is 52.0 Å². The molecule has 226 valence electrons. The van der Waals surface area contributed by atoms with Crippen molar-refractivity contribution in [2.45, 2.75) is 76.3 Å². The summed E-state index contributed by atoms with van der Waals surface area (Å²) in [6.45, 7) is 6.10. The summed E-state index contributed by atoms with van der Waals surface area (Å²) in [6.07, 6.45) is 2.15. The minimum Gasteiger partial charge on any atom is -0.394 e. The second-order valence-electron chi connectivity index (χ2n) is 12.8. The van der Waals surface area contributed by atoms with E-state index >= 15 is 0 Å². The first-order chi connectivity index (χ1) is 20.7. The molecule has 3 amide bonds. The molecule has 3 saturated heterocycles. The molecule has 6 atom stereocenters. The Bertz CT molecular complexity index is 1530. The van der Waals surface area contributed by atoms with Crippen LogP contribution in [0.5, 0.6) is 0 Å². The minimum absolute atomic E-state index is 0.177. The van der Waals surface area contributed by atoms with Crippen LogP contribution in [0, 0.1) is 17.8 Å². The van der Waals surface area contributed by atoms with E-state index in [0.29, 0.717) is 37.9 Å². The third kappa shape index (κ3) is 4.90. The van der Waals surface area contributed by atoms with Gasteiger partial charge in [0.15, 0.2) is 0 Å². The van der Waals surface area contributed by atoms with Crippen molar-refractivity contribution < 1.29 is 24.2 Å². The van der Waals surface area contributed by atoms with Gasteiger partial charge in [-0.3, -0.25) is 14.4 Å². The van der Waals surface area contributed by atoms with Gasteiger partial charge in [-0.2, -0.15) is 0 Å². The largest absolute Gasteiger partial charge is 0.394 e. The maximum atomic E-state index is 14.5. The molecule has 2 bridgehead atoms. The van der Waals surface area contributed by atoms with Crippen molar-refractivity contribution in [3.8, 4) is 0 Å². The summed E-state index contributed by atoms with van der Waals surface area (Å²) < 4.78 is 6.88. The van der Waals surface area contributed by atoms with E-state index in [1.165, 1.54) is 0 Å². The van der Waals surface area contributed by atoms with Gasteiger partial charge >= 0.3 is 0 Å². The van der Waals surface area contributed by atoms with Crippen LogP contribution >= 0.6 is 0 Å². The van der Waals surface area contributed by atoms with E-state index in [0.717, 1.165) is 16.3 Å². The highest BCUT2D eigenvalue weighted by atomic mass is 16.5. The highest BCUT2D eigenvalue weighted by Crippen LogP contribution is 2.64. The fraction of sp³-hybridized carbons (Fsp3) is 0.457. The van der Waals surface area contributed by atoms with Gasteiger partial charge < -0.3 is 25.4 Å². The first-order valence-corrected chi connectivity index (χ1v) is 15.5. The van der Waals surface area contributed by atoms with E-state index in [1.54, 1.807) is 4.90 Å². The van der Waals surface area contributed by atoms with Crippen LogP contribution in [0.3, 0.4) is 0 Å². The molecule has 3 heterocycles. The van der Waals surface area contributed by atoms with E-state index in [9.17, 15) is 19.5 Å². The number of hydrogen-bond acceptors (Lipinski definition) is 5. The smallest absolute Gasteiger partial charge is 0.250 e. The fourth-order valence-corrected chi connectivity index (χ4v) is 7.94. The van der Waals surface area contributed by atoms with Crippen LogP contribution < -0.4 is 10.6 Å². The highest BCUT2D eigenvalue weighted by Gasteiger charge is 2.79. The summed E-state index contributed by atoms with van der Waals surface area (Å²) in [5.41, 5.74) is -0.408. The lowest BCUT2D eigenvalue weighted by atomic mass is 9.65. The molecule has 3 fully saturated rings. The van der Waals surface area contributed by atoms with E-state index in [1.807, 2.05) is 93.6 Å². The number of fused-ring (bicyclic) bond motifs is 2. The molecule has 3 aromatic carbocycles. The summed E-state index contributed by atoms with van der Waals surface area (Å²) in [6, 6.07) is 21.8. The number of aliphatic hydroxyl groups is 1. The van der Waals surface area contributed by atoms with Crippen LogP contribution in [-0.2, 0) is 25.7 Å². The quantitative estimate of drug-likeness (QED) is 0.322. The number of amides is 3. The van der Waals surface area contributed by atoms with Gasteiger partial charge in [-0.15, -0.1) is 0 Å². The first kappa shape index (κ1) is 29.3. The molecule has 0 aromatic heterocycles. The van der Waals surface area contributed by atoms with Gasteiger partial charge in [0.05, 0.1) is 30.1 Å².